The molecule has 1 aromatic rings. The first-order chi connectivity index (χ1) is 6.25. The van der Waals surface area contributed by atoms with Gasteiger partial charge in [-0.2, -0.15) is 5.10 Å². The van der Waals surface area contributed by atoms with Crippen LogP contribution in [0.3, 0.4) is 0 Å². The number of aromatic nitrogens is 2. The van der Waals surface area contributed by atoms with Gasteiger partial charge in [-0.3, -0.25) is 0 Å². The fraction of sp³-hybridized carbons (Fsp3) is 0.556. The van der Waals surface area contributed by atoms with Crippen LogP contribution < -0.4 is 5.73 Å². The molecule has 0 aliphatic carbocycles. The zero-order chi connectivity index (χ0) is 11.1. The zero-order valence-electron chi connectivity index (χ0n) is 8.83. The van der Waals surface area contributed by atoms with E-state index in [9.17, 15) is 4.79 Å². The number of nitrogens with zero attached hydrogens (tertiary/aromatic N) is 2. The van der Waals surface area contributed by atoms with Crippen molar-refractivity contribution in [3.63, 3.8) is 0 Å². The molecule has 78 valence electrons. The average Bonchev–Trinajstić information content (AvgIpc) is 2.28. The summed E-state index contributed by atoms with van der Waals surface area (Å²) < 4.78 is 1.53. The number of carboxylic acid groups (broad SMARTS) is 1. The Morgan fingerprint density at radius 3 is 2.21 bits per heavy atom. The quantitative estimate of drug-likeness (QED) is 0.709. The molecule has 0 saturated carbocycles. The Morgan fingerprint density at radius 2 is 2.00 bits per heavy atom. The second-order valence-corrected chi connectivity index (χ2v) is 4.25. The fourth-order valence-corrected chi connectivity index (χ4v) is 1.22. The molecule has 5 heteroatoms. The van der Waals surface area contributed by atoms with Gasteiger partial charge in [-0.1, -0.05) is 0 Å². The third-order valence-electron chi connectivity index (χ3n) is 2.01. The number of nitrogens with two attached hydrogens (primary N) is 1. The summed E-state index contributed by atoms with van der Waals surface area (Å²) in [6.07, 6.45) is 0. The minimum Gasteiger partial charge on any atom is -0.476 e. The maximum absolute atomic E-state index is 10.8. The highest BCUT2D eigenvalue weighted by Crippen LogP contribution is 2.23. The molecule has 0 aliphatic heterocycles. The molecule has 0 aliphatic rings. The van der Waals surface area contributed by atoms with Crippen molar-refractivity contribution in [2.75, 3.05) is 5.73 Å². The van der Waals surface area contributed by atoms with E-state index in [0.29, 0.717) is 11.4 Å². The molecular weight excluding hydrogens is 182 g/mol. The summed E-state index contributed by atoms with van der Waals surface area (Å²) in [7, 11) is 0. The van der Waals surface area contributed by atoms with Crippen LogP contribution in [0.2, 0.25) is 0 Å². The van der Waals surface area contributed by atoms with Crippen LogP contribution in [0.4, 0.5) is 5.82 Å². The molecule has 0 atom stereocenters. The maximum atomic E-state index is 10.8. The van der Waals surface area contributed by atoms with Gasteiger partial charge in [-0.15, -0.1) is 0 Å². The summed E-state index contributed by atoms with van der Waals surface area (Å²) in [4.78, 5) is 10.8. The van der Waals surface area contributed by atoms with E-state index in [1.807, 2.05) is 20.8 Å². The lowest BCUT2D eigenvalue weighted by molar-refractivity contribution is 0.0688. The first kappa shape index (κ1) is 10.6. The molecule has 1 aromatic heterocycles. The van der Waals surface area contributed by atoms with Crippen molar-refractivity contribution in [2.24, 2.45) is 0 Å². The third-order valence-corrected chi connectivity index (χ3v) is 2.01. The number of hydrogen-bond acceptors (Lipinski definition) is 3. The van der Waals surface area contributed by atoms with Crippen LogP contribution >= 0.6 is 0 Å². The van der Waals surface area contributed by atoms with Crippen LogP contribution in [0.5, 0.6) is 0 Å². The van der Waals surface area contributed by atoms with Crippen molar-refractivity contribution in [3.05, 3.63) is 11.3 Å². The predicted octanol–water partition coefficient (Wildman–Crippen LogP) is 1.23. The standard InChI is InChI=1S/C9H15N3O2/c1-5-6(8(13)14)11-12(7(5)10)9(2,3)4/h10H2,1-4H3,(H,13,14). The van der Waals surface area contributed by atoms with E-state index in [1.54, 1.807) is 6.92 Å². The smallest absolute Gasteiger partial charge is 0.356 e. The number of aromatic carboxylic acids is 1. The highest BCUT2D eigenvalue weighted by Gasteiger charge is 2.23. The molecule has 0 radical (unpaired) electrons. The number of rotatable bonds is 1. The van der Waals surface area contributed by atoms with E-state index in [4.69, 9.17) is 10.8 Å². The number of hydrogen-bond donors (Lipinski definition) is 2. The van der Waals surface area contributed by atoms with E-state index < -0.39 is 5.97 Å². The second kappa shape index (κ2) is 3.01. The minimum atomic E-state index is -1.04. The van der Waals surface area contributed by atoms with Crippen molar-refractivity contribution in [1.82, 2.24) is 9.78 Å². The van der Waals surface area contributed by atoms with Gasteiger partial charge in [-0.25, -0.2) is 9.48 Å². The third kappa shape index (κ3) is 1.57. The van der Waals surface area contributed by atoms with Gasteiger partial charge < -0.3 is 10.8 Å². The molecule has 0 spiro atoms. The van der Waals surface area contributed by atoms with Crippen LogP contribution in [-0.4, -0.2) is 20.9 Å². The van der Waals surface area contributed by atoms with Crippen LogP contribution in [0.25, 0.3) is 0 Å². The monoisotopic (exact) mass is 197 g/mol. The van der Waals surface area contributed by atoms with Gasteiger partial charge in [0.2, 0.25) is 0 Å². The van der Waals surface area contributed by atoms with Gasteiger partial charge in [0.1, 0.15) is 5.82 Å². The van der Waals surface area contributed by atoms with Gasteiger partial charge in [0, 0.05) is 5.56 Å². The van der Waals surface area contributed by atoms with Crippen LogP contribution in [-0.2, 0) is 5.54 Å². The summed E-state index contributed by atoms with van der Waals surface area (Å²) in [5.41, 5.74) is 6.01. The van der Waals surface area contributed by atoms with Crippen molar-refractivity contribution in [3.8, 4) is 0 Å². The molecule has 0 bridgehead atoms. The van der Waals surface area contributed by atoms with Crippen molar-refractivity contribution in [2.45, 2.75) is 33.2 Å². The highest BCUT2D eigenvalue weighted by atomic mass is 16.4. The Morgan fingerprint density at radius 1 is 1.50 bits per heavy atom. The first-order valence-electron chi connectivity index (χ1n) is 4.34. The molecular formula is C9H15N3O2. The van der Waals surface area contributed by atoms with E-state index in [0.717, 1.165) is 0 Å². The van der Waals surface area contributed by atoms with Crippen LogP contribution in [0, 0.1) is 6.92 Å². The largest absolute Gasteiger partial charge is 0.476 e. The minimum absolute atomic E-state index is 0.0254. The molecule has 5 nitrogen and oxygen atoms in total. The number of carboxylic acids is 1. The predicted molar refractivity (Wildman–Crippen MR) is 53.3 cm³/mol. The maximum Gasteiger partial charge on any atom is 0.356 e. The summed E-state index contributed by atoms with van der Waals surface area (Å²) in [5.74, 6) is -0.632. The Balaban J connectivity index is 3.37. The highest BCUT2D eigenvalue weighted by molar-refractivity contribution is 5.88. The van der Waals surface area contributed by atoms with E-state index in [2.05, 4.69) is 5.10 Å². The van der Waals surface area contributed by atoms with E-state index >= 15 is 0 Å². The molecule has 3 N–H and O–H groups in total. The molecule has 14 heavy (non-hydrogen) atoms. The molecule has 1 heterocycles. The molecule has 0 aromatic carbocycles. The number of carbonyl (C=O) groups is 1. The van der Waals surface area contributed by atoms with Gasteiger partial charge in [0.05, 0.1) is 5.54 Å². The second-order valence-electron chi connectivity index (χ2n) is 4.25. The van der Waals surface area contributed by atoms with E-state index in [-0.39, 0.29) is 11.2 Å². The molecule has 0 amide bonds. The summed E-state index contributed by atoms with van der Waals surface area (Å²) in [6, 6.07) is 0. The Hall–Kier alpha value is -1.52. The van der Waals surface area contributed by atoms with Crippen LogP contribution in [0.1, 0.15) is 36.8 Å². The SMILES string of the molecule is Cc1c(C(=O)O)nn(C(C)(C)C)c1N. The van der Waals surface area contributed by atoms with Crippen molar-refractivity contribution < 1.29 is 9.90 Å². The molecule has 1 rings (SSSR count). The fourth-order valence-electron chi connectivity index (χ4n) is 1.22. The molecule has 0 fully saturated rings. The van der Waals surface area contributed by atoms with Gasteiger partial charge in [-0.05, 0) is 27.7 Å². The molecule has 0 saturated heterocycles. The zero-order valence-corrected chi connectivity index (χ0v) is 8.83. The van der Waals surface area contributed by atoms with E-state index in [1.165, 1.54) is 4.68 Å². The van der Waals surface area contributed by atoms with Gasteiger partial charge in [0.25, 0.3) is 0 Å². The van der Waals surface area contributed by atoms with Crippen molar-refractivity contribution >= 4 is 11.8 Å². The van der Waals surface area contributed by atoms with Gasteiger partial charge in [0.15, 0.2) is 5.69 Å². The lowest BCUT2D eigenvalue weighted by Gasteiger charge is -2.20. The average molecular weight is 197 g/mol. The summed E-state index contributed by atoms with van der Waals surface area (Å²) >= 11 is 0. The van der Waals surface area contributed by atoms with Crippen LogP contribution in [0.15, 0.2) is 0 Å². The topological polar surface area (TPSA) is 81.1 Å². The first-order valence-corrected chi connectivity index (χ1v) is 4.34. The normalized spacial score (nSPS) is 11.7. The lowest BCUT2D eigenvalue weighted by Crippen LogP contribution is -2.25. The Labute approximate surface area is 82.5 Å². The number of anilines is 1. The van der Waals surface area contributed by atoms with Crippen molar-refractivity contribution in [1.29, 1.82) is 0 Å². The summed E-state index contributed by atoms with van der Waals surface area (Å²) in [5, 5.41) is 12.8. The number of nitrogen functional groups attached to an aromatic ring is 1. The lowest BCUT2D eigenvalue weighted by atomic mass is 10.1. The molecule has 0 unspecified atom stereocenters. The Kier molecular flexibility index (Phi) is 2.27. The van der Waals surface area contributed by atoms with Gasteiger partial charge >= 0.3 is 5.97 Å². The summed E-state index contributed by atoms with van der Waals surface area (Å²) in [6.45, 7) is 7.41. The Bertz CT molecular complexity index is 374.